The van der Waals surface area contributed by atoms with Crippen LogP contribution in [0.1, 0.15) is 22.3 Å². The molecule has 5 heteroatoms. The summed E-state index contributed by atoms with van der Waals surface area (Å²) in [6.07, 6.45) is 0.249. The molecule has 4 rings (SSSR count). The quantitative estimate of drug-likeness (QED) is 0.573. The standard InChI is InChI=1S/C26H24N2O3/c1-18-8-12-21(13-9-18)17-27-24(29)23(16-20-6-4-3-5-7-20)25(30)28(26(27)31)22-14-10-19(2)11-15-22/h3-15,23H,16-17H2,1-2H3. The summed E-state index contributed by atoms with van der Waals surface area (Å²) in [6.45, 7) is 4.04. The molecule has 0 radical (unpaired) electrons. The van der Waals surface area contributed by atoms with Crippen molar-refractivity contribution in [3.8, 4) is 0 Å². The van der Waals surface area contributed by atoms with Crippen molar-refractivity contribution >= 4 is 23.5 Å². The highest BCUT2D eigenvalue weighted by Crippen LogP contribution is 2.28. The Morgan fingerprint density at radius 2 is 1.26 bits per heavy atom. The second kappa shape index (κ2) is 8.56. The first kappa shape index (κ1) is 20.5. The number of imide groups is 2. The van der Waals surface area contributed by atoms with E-state index in [1.54, 1.807) is 12.1 Å². The highest BCUT2D eigenvalue weighted by atomic mass is 16.2. The van der Waals surface area contributed by atoms with E-state index in [0.717, 1.165) is 27.2 Å². The van der Waals surface area contributed by atoms with Gasteiger partial charge in [-0.15, -0.1) is 0 Å². The molecule has 1 unspecified atom stereocenters. The summed E-state index contributed by atoms with van der Waals surface area (Å²) in [5.74, 6) is -1.89. The number of benzene rings is 3. The van der Waals surface area contributed by atoms with E-state index in [9.17, 15) is 14.4 Å². The van der Waals surface area contributed by atoms with Gasteiger partial charge in [0.25, 0.3) is 0 Å². The number of hydrogen-bond donors (Lipinski definition) is 0. The van der Waals surface area contributed by atoms with Crippen LogP contribution in [0.2, 0.25) is 0 Å². The summed E-state index contributed by atoms with van der Waals surface area (Å²) in [5.41, 5.74) is 4.30. The maximum Gasteiger partial charge on any atom is 0.338 e. The molecule has 4 amide bonds. The number of urea groups is 1. The largest absolute Gasteiger partial charge is 0.338 e. The van der Waals surface area contributed by atoms with Gasteiger partial charge in [0, 0.05) is 0 Å². The van der Waals surface area contributed by atoms with Crippen LogP contribution in [0.3, 0.4) is 0 Å². The fourth-order valence-corrected chi connectivity index (χ4v) is 3.74. The van der Waals surface area contributed by atoms with Crippen LogP contribution in [-0.4, -0.2) is 22.7 Å². The summed E-state index contributed by atoms with van der Waals surface area (Å²) in [7, 11) is 0. The van der Waals surface area contributed by atoms with Crippen molar-refractivity contribution in [3.63, 3.8) is 0 Å². The van der Waals surface area contributed by atoms with Crippen LogP contribution in [0.5, 0.6) is 0 Å². The predicted octanol–water partition coefficient (Wildman–Crippen LogP) is 4.66. The lowest BCUT2D eigenvalue weighted by Crippen LogP contribution is -2.60. The van der Waals surface area contributed by atoms with Gasteiger partial charge in [-0.3, -0.25) is 14.5 Å². The maximum atomic E-state index is 13.3. The SMILES string of the molecule is Cc1ccc(CN2C(=O)C(Cc3ccccc3)C(=O)N(c3ccc(C)cc3)C2=O)cc1. The van der Waals surface area contributed by atoms with E-state index in [2.05, 4.69) is 0 Å². The van der Waals surface area contributed by atoms with Gasteiger partial charge in [0.2, 0.25) is 11.8 Å². The smallest absolute Gasteiger partial charge is 0.273 e. The zero-order valence-corrected chi connectivity index (χ0v) is 17.6. The van der Waals surface area contributed by atoms with E-state index in [4.69, 9.17) is 0 Å². The Kier molecular flexibility index (Phi) is 5.67. The lowest BCUT2D eigenvalue weighted by atomic mass is 9.94. The zero-order chi connectivity index (χ0) is 22.0. The fourth-order valence-electron chi connectivity index (χ4n) is 3.74. The van der Waals surface area contributed by atoms with Crippen molar-refractivity contribution in [1.82, 2.24) is 4.90 Å². The van der Waals surface area contributed by atoms with Gasteiger partial charge in [0.1, 0.15) is 5.92 Å². The van der Waals surface area contributed by atoms with Crippen molar-refractivity contribution in [2.24, 2.45) is 5.92 Å². The van der Waals surface area contributed by atoms with Gasteiger partial charge in [-0.1, -0.05) is 77.9 Å². The molecule has 0 N–H and O–H groups in total. The van der Waals surface area contributed by atoms with Crippen LogP contribution in [0.4, 0.5) is 10.5 Å². The molecule has 3 aromatic rings. The predicted molar refractivity (Wildman–Crippen MR) is 119 cm³/mol. The van der Waals surface area contributed by atoms with Gasteiger partial charge in [0.05, 0.1) is 12.2 Å². The van der Waals surface area contributed by atoms with E-state index < -0.39 is 23.8 Å². The highest BCUT2D eigenvalue weighted by molar-refractivity contribution is 6.27. The van der Waals surface area contributed by atoms with Gasteiger partial charge in [-0.2, -0.15) is 0 Å². The van der Waals surface area contributed by atoms with Crippen molar-refractivity contribution in [2.45, 2.75) is 26.8 Å². The third-order valence-corrected chi connectivity index (χ3v) is 5.54. The zero-order valence-electron chi connectivity index (χ0n) is 17.6. The summed E-state index contributed by atoms with van der Waals surface area (Å²) < 4.78 is 0. The lowest BCUT2D eigenvalue weighted by Gasteiger charge is -2.37. The molecule has 0 aliphatic carbocycles. The number of rotatable bonds is 5. The average molecular weight is 412 g/mol. The van der Waals surface area contributed by atoms with Crippen molar-refractivity contribution in [1.29, 1.82) is 0 Å². The second-order valence-corrected chi connectivity index (χ2v) is 7.94. The summed E-state index contributed by atoms with van der Waals surface area (Å²) >= 11 is 0. The minimum atomic E-state index is -0.952. The molecule has 1 heterocycles. The van der Waals surface area contributed by atoms with Crippen molar-refractivity contribution in [3.05, 3.63) is 101 Å². The molecule has 1 atom stereocenters. The molecule has 1 saturated heterocycles. The second-order valence-electron chi connectivity index (χ2n) is 7.94. The first-order chi connectivity index (χ1) is 14.9. The number of amides is 4. The normalized spacial score (nSPS) is 16.7. The molecule has 156 valence electrons. The van der Waals surface area contributed by atoms with Crippen LogP contribution in [0.15, 0.2) is 78.9 Å². The molecule has 3 aromatic carbocycles. The number of carbonyl (C=O) groups is 3. The van der Waals surface area contributed by atoms with E-state index in [1.807, 2.05) is 80.6 Å². The number of nitrogens with zero attached hydrogens (tertiary/aromatic N) is 2. The molecule has 31 heavy (non-hydrogen) atoms. The van der Waals surface area contributed by atoms with Crippen LogP contribution in [-0.2, 0) is 22.6 Å². The van der Waals surface area contributed by atoms with E-state index in [1.165, 1.54) is 4.90 Å². The van der Waals surface area contributed by atoms with Crippen LogP contribution in [0.25, 0.3) is 0 Å². The summed E-state index contributed by atoms with van der Waals surface area (Å²) in [6, 6.07) is 23.7. The van der Waals surface area contributed by atoms with Gasteiger partial charge in [-0.05, 0) is 43.5 Å². The maximum absolute atomic E-state index is 13.3. The summed E-state index contributed by atoms with van der Waals surface area (Å²) in [4.78, 5) is 42.3. The molecule has 5 nitrogen and oxygen atoms in total. The van der Waals surface area contributed by atoms with Crippen LogP contribution >= 0.6 is 0 Å². The van der Waals surface area contributed by atoms with Gasteiger partial charge >= 0.3 is 6.03 Å². The Morgan fingerprint density at radius 3 is 1.87 bits per heavy atom. The monoisotopic (exact) mass is 412 g/mol. The van der Waals surface area contributed by atoms with Crippen LogP contribution < -0.4 is 4.90 Å². The molecule has 0 bridgehead atoms. The summed E-state index contributed by atoms with van der Waals surface area (Å²) in [5, 5.41) is 0. The first-order valence-electron chi connectivity index (χ1n) is 10.3. The Labute approximate surface area is 181 Å². The molecule has 1 fully saturated rings. The average Bonchev–Trinajstić information content (AvgIpc) is 2.78. The molecule has 0 aromatic heterocycles. The number of barbiturate groups is 1. The Balaban J connectivity index is 1.71. The van der Waals surface area contributed by atoms with Gasteiger partial charge < -0.3 is 0 Å². The van der Waals surface area contributed by atoms with Crippen molar-refractivity contribution in [2.75, 3.05) is 4.90 Å². The number of carbonyl (C=O) groups excluding carboxylic acids is 3. The van der Waals surface area contributed by atoms with Gasteiger partial charge in [0.15, 0.2) is 0 Å². The Morgan fingerprint density at radius 1 is 0.677 bits per heavy atom. The topological polar surface area (TPSA) is 57.7 Å². The van der Waals surface area contributed by atoms with Crippen molar-refractivity contribution < 1.29 is 14.4 Å². The fraction of sp³-hybridized carbons (Fsp3) is 0.192. The van der Waals surface area contributed by atoms with Gasteiger partial charge in [-0.25, -0.2) is 9.69 Å². The molecule has 0 spiro atoms. The lowest BCUT2D eigenvalue weighted by molar-refractivity contribution is -0.141. The Hall–Kier alpha value is -3.73. The molecular formula is C26H24N2O3. The highest BCUT2D eigenvalue weighted by Gasteiger charge is 2.46. The first-order valence-corrected chi connectivity index (χ1v) is 10.3. The van der Waals surface area contributed by atoms with E-state index in [0.29, 0.717) is 5.69 Å². The third kappa shape index (κ3) is 4.26. The minimum absolute atomic E-state index is 0.124. The number of aryl methyl sites for hydroxylation is 2. The van der Waals surface area contributed by atoms with Crippen LogP contribution in [0, 0.1) is 19.8 Å². The minimum Gasteiger partial charge on any atom is -0.273 e. The Bertz CT molecular complexity index is 1110. The molecular weight excluding hydrogens is 388 g/mol. The molecule has 1 aliphatic rings. The van der Waals surface area contributed by atoms with E-state index >= 15 is 0 Å². The third-order valence-electron chi connectivity index (χ3n) is 5.54. The molecule has 1 aliphatic heterocycles. The van der Waals surface area contributed by atoms with E-state index in [-0.39, 0.29) is 13.0 Å². The number of hydrogen-bond acceptors (Lipinski definition) is 3. The number of anilines is 1. The molecule has 0 saturated carbocycles.